The van der Waals surface area contributed by atoms with Crippen LogP contribution in [0.15, 0.2) is 96.0 Å². The molecule has 1 aromatic carbocycles. The second-order valence-corrected chi connectivity index (χ2v) is 16.7. The summed E-state index contributed by atoms with van der Waals surface area (Å²) in [6, 6.07) is 1.96. The molecule has 0 atom stereocenters. The van der Waals surface area contributed by atoms with E-state index in [1.807, 2.05) is 40.7 Å². The molecule has 0 saturated carbocycles. The Balaban J connectivity index is 0.000000368. The first-order valence-electron chi connectivity index (χ1n) is 21.0. The molecule has 0 bridgehead atoms. The maximum absolute atomic E-state index is 10.6. The van der Waals surface area contributed by atoms with Gasteiger partial charge in [0.25, 0.3) is 5.43 Å². The van der Waals surface area contributed by atoms with E-state index in [1.54, 1.807) is 13.8 Å². The molecular formula is C45H71N11O7. The van der Waals surface area contributed by atoms with Gasteiger partial charge in [-0.25, -0.2) is 20.9 Å². The number of aromatic amines is 1. The third-order valence-corrected chi connectivity index (χ3v) is 8.29. The summed E-state index contributed by atoms with van der Waals surface area (Å²) in [4.78, 5) is 50.9. The third-order valence-electron chi connectivity index (χ3n) is 8.29. The van der Waals surface area contributed by atoms with Crippen molar-refractivity contribution in [3.05, 3.63) is 105 Å². The Morgan fingerprint density at radius 2 is 1.21 bits per heavy atom. The monoisotopic (exact) mass is 878 g/mol. The molecule has 4 aliphatic rings. The number of ether oxygens (including phenoxy) is 1. The predicted octanol–water partition coefficient (Wildman–Crippen LogP) is 7.98. The molecule has 6 heterocycles. The standard InChI is InChI=1S/C7H12N2.2C7H11NO.C7H8O3.2C6H10N2O.C5H9N3/c2*1-5(2)7-8-4-6(3)9-7;1-5(2)7-4-6(3)9-8-7;1-3(2)4-5(8)7(10)6(4)9;2*1-4(2)6-7-5(3)9-8-6;1-4(2)5-6-3-7-8-5/h5H,3-4H2,1-2H3,(H,8,9);5H,3-4H2,1-2H3;4-5H,1-3H3;3,8H,1-2H3;2*4H,3H2,1-2H3,(H,7,8);3-4H,1-2H3,(H,6,7,8). The summed E-state index contributed by atoms with van der Waals surface area (Å²) in [5, 5.41) is 22.3. The average molecular weight is 878 g/mol. The summed E-state index contributed by atoms with van der Waals surface area (Å²) in [6.45, 7) is 46.1. The lowest BCUT2D eigenvalue weighted by Crippen LogP contribution is -2.34. The maximum atomic E-state index is 10.6. The normalized spacial score (nSPS) is 14.7. The van der Waals surface area contributed by atoms with Gasteiger partial charge in [-0.3, -0.25) is 19.7 Å². The molecule has 5 N–H and O–H groups in total. The number of H-pyrrole nitrogens is 1. The predicted molar refractivity (Wildman–Crippen MR) is 251 cm³/mol. The summed E-state index contributed by atoms with van der Waals surface area (Å²) in [5.41, 5.74) is 6.35. The van der Waals surface area contributed by atoms with Gasteiger partial charge in [0.1, 0.15) is 47.7 Å². The molecule has 18 nitrogen and oxygen atoms in total. The van der Waals surface area contributed by atoms with Crippen LogP contribution in [0.25, 0.3) is 0 Å². The Morgan fingerprint density at radius 1 is 0.667 bits per heavy atom. The number of rotatable bonds is 7. The van der Waals surface area contributed by atoms with E-state index in [4.69, 9.17) is 24.0 Å². The van der Waals surface area contributed by atoms with Gasteiger partial charge in [-0.2, -0.15) is 15.1 Å². The van der Waals surface area contributed by atoms with Crippen LogP contribution in [-0.4, -0.2) is 61.9 Å². The summed E-state index contributed by atoms with van der Waals surface area (Å²) in [6.07, 6.45) is 1.52. The lowest BCUT2D eigenvalue weighted by Gasteiger charge is -2.06. The topological polar surface area (TPSA) is 235 Å². The van der Waals surface area contributed by atoms with E-state index in [-0.39, 0.29) is 17.2 Å². The van der Waals surface area contributed by atoms with E-state index in [2.05, 4.69) is 138 Å². The SMILES string of the molecule is C=C1CN=C(C(C)C)N1.C=C1CN=C(C(C)C)O1.C=C1N=C(C(C)C)NO1.C=C1N=C(C(C)C)NO1.CC(C)c1c(O)c(=O)c1=O.CC(C)c1ncn[nH]1.Cc1cc(C(C)C)no1. The molecule has 18 heteroatoms. The number of hydrogen-bond donors (Lipinski definition) is 5. The summed E-state index contributed by atoms with van der Waals surface area (Å²) in [7, 11) is 0. The van der Waals surface area contributed by atoms with Crippen LogP contribution in [0.2, 0.25) is 0 Å². The number of nitrogens with zero attached hydrogens (tertiary/aromatic N) is 7. The molecule has 3 aromatic rings. The lowest BCUT2D eigenvalue weighted by atomic mass is 9.98. The molecular weight excluding hydrogens is 807 g/mol. The zero-order chi connectivity index (χ0) is 48.1. The molecule has 348 valence electrons. The van der Waals surface area contributed by atoms with Gasteiger partial charge in [-0.05, 0) is 31.9 Å². The number of amidine groups is 3. The minimum Gasteiger partial charge on any atom is -0.504 e. The smallest absolute Gasteiger partial charge is 0.267 e. The first-order chi connectivity index (χ1) is 29.3. The van der Waals surface area contributed by atoms with Gasteiger partial charge in [-0.15, -0.1) is 0 Å². The van der Waals surface area contributed by atoms with Crippen molar-refractivity contribution in [2.75, 3.05) is 13.1 Å². The van der Waals surface area contributed by atoms with Crippen LogP contribution >= 0.6 is 0 Å². The Hall–Kier alpha value is -6.33. The highest BCUT2D eigenvalue weighted by Gasteiger charge is 2.22. The molecule has 0 saturated heterocycles. The summed E-state index contributed by atoms with van der Waals surface area (Å²) < 4.78 is 10.1. The third kappa shape index (κ3) is 19.9. The van der Waals surface area contributed by atoms with Crippen LogP contribution < -0.4 is 27.1 Å². The van der Waals surface area contributed by atoms with Gasteiger partial charge >= 0.3 is 0 Å². The van der Waals surface area contributed by atoms with Crippen molar-refractivity contribution < 1.29 is 24.0 Å². The molecule has 63 heavy (non-hydrogen) atoms. The zero-order valence-corrected chi connectivity index (χ0v) is 40.0. The van der Waals surface area contributed by atoms with Crippen molar-refractivity contribution in [2.45, 2.75) is 122 Å². The second-order valence-electron chi connectivity index (χ2n) is 16.7. The molecule has 0 aliphatic carbocycles. The van der Waals surface area contributed by atoms with Gasteiger partial charge in [0.05, 0.1) is 17.8 Å². The summed E-state index contributed by atoms with van der Waals surface area (Å²) in [5.74, 6) is 9.26. The van der Waals surface area contributed by atoms with E-state index >= 15 is 0 Å². The van der Waals surface area contributed by atoms with E-state index in [1.165, 1.54) is 6.33 Å². The summed E-state index contributed by atoms with van der Waals surface area (Å²) >= 11 is 0. The highest BCUT2D eigenvalue weighted by molar-refractivity contribution is 5.87. The molecule has 7 rings (SSSR count). The molecule has 2 aromatic heterocycles. The van der Waals surface area contributed by atoms with E-state index in [0.717, 1.165) is 58.7 Å². The van der Waals surface area contributed by atoms with E-state index in [9.17, 15) is 9.59 Å². The Morgan fingerprint density at radius 3 is 1.40 bits per heavy atom. The van der Waals surface area contributed by atoms with Gasteiger partial charge in [0.15, 0.2) is 11.6 Å². The molecule has 0 radical (unpaired) electrons. The number of aromatic nitrogens is 4. The maximum Gasteiger partial charge on any atom is 0.267 e. The highest BCUT2D eigenvalue weighted by Crippen LogP contribution is 2.18. The highest BCUT2D eigenvalue weighted by atomic mass is 16.7. The Labute approximate surface area is 372 Å². The number of nitrogens with one attached hydrogen (secondary N) is 4. The minimum absolute atomic E-state index is 0.0507. The van der Waals surface area contributed by atoms with Crippen molar-refractivity contribution in [1.29, 1.82) is 0 Å². The zero-order valence-electron chi connectivity index (χ0n) is 40.0. The number of hydroxylamine groups is 2. The Kier molecular flexibility index (Phi) is 23.3. The van der Waals surface area contributed by atoms with Crippen LogP contribution in [0, 0.1) is 30.6 Å². The van der Waals surface area contributed by atoms with Crippen LogP contribution in [0.3, 0.4) is 0 Å². The number of aromatic hydroxyl groups is 1. The van der Waals surface area contributed by atoms with Crippen LogP contribution in [0.5, 0.6) is 5.75 Å². The quantitative estimate of drug-likeness (QED) is 0.142. The molecule has 0 fully saturated rings. The van der Waals surface area contributed by atoms with Crippen molar-refractivity contribution >= 4 is 23.4 Å². The van der Waals surface area contributed by atoms with Crippen molar-refractivity contribution in [2.24, 2.45) is 43.6 Å². The average Bonchev–Trinajstić information content (AvgIpc) is 4.06. The van der Waals surface area contributed by atoms with Crippen LogP contribution in [0.4, 0.5) is 0 Å². The van der Waals surface area contributed by atoms with Crippen LogP contribution in [0.1, 0.15) is 138 Å². The fourth-order valence-corrected chi connectivity index (χ4v) is 4.61. The van der Waals surface area contributed by atoms with Crippen molar-refractivity contribution in [1.82, 2.24) is 36.6 Å². The number of aliphatic imine (C=N–C) groups is 4. The van der Waals surface area contributed by atoms with Crippen molar-refractivity contribution in [3.63, 3.8) is 0 Å². The molecule has 0 unspecified atom stereocenters. The Bertz CT molecular complexity index is 2050. The number of hydrogen-bond acceptors (Lipinski definition) is 17. The van der Waals surface area contributed by atoms with Gasteiger partial charge in [0, 0.05) is 41.4 Å². The van der Waals surface area contributed by atoms with Gasteiger partial charge in [0.2, 0.25) is 17.2 Å². The van der Waals surface area contributed by atoms with Gasteiger partial charge < -0.3 is 29.4 Å². The van der Waals surface area contributed by atoms with Gasteiger partial charge in [-0.1, -0.05) is 115 Å². The molecule has 0 spiro atoms. The van der Waals surface area contributed by atoms with E-state index < -0.39 is 10.9 Å². The molecule has 4 aliphatic heterocycles. The fourth-order valence-electron chi connectivity index (χ4n) is 4.61. The lowest BCUT2D eigenvalue weighted by molar-refractivity contribution is 0.176. The first-order valence-corrected chi connectivity index (χ1v) is 21.0. The van der Waals surface area contributed by atoms with Crippen molar-refractivity contribution in [3.8, 4) is 5.75 Å². The number of aryl methyl sites for hydroxylation is 1. The molecule has 0 amide bonds. The van der Waals surface area contributed by atoms with E-state index in [0.29, 0.717) is 53.8 Å². The van der Waals surface area contributed by atoms with Crippen LogP contribution in [-0.2, 0) is 14.4 Å². The fraction of sp³-hybridized carbons (Fsp3) is 0.533. The minimum atomic E-state index is -0.747. The largest absolute Gasteiger partial charge is 0.504 e. The second kappa shape index (κ2) is 26.9. The first kappa shape index (κ1) is 54.7.